The molecule has 0 bridgehead atoms. The quantitative estimate of drug-likeness (QED) is 0.533. The predicted octanol–water partition coefficient (Wildman–Crippen LogP) is 3.75. The molecule has 12 heteroatoms. The zero-order valence-electron chi connectivity index (χ0n) is 19.3. The van der Waals surface area contributed by atoms with Crippen molar-refractivity contribution in [3.8, 4) is 0 Å². The van der Waals surface area contributed by atoms with Gasteiger partial charge < -0.3 is 9.80 Å². The van der Waals surface area contributed by atoms with E-state index in [9.17, 15) is 18.0 Å². The van der Waals surface area contributed by atoms with Crippen LogP contribution >= 0.6 is 12.4 Å². The Kier molecular flexibility index (Phi) is 7.16. The number of nitrogens with zero attached hydrogens (tertiary/aromatic N) is 7. The third-order valence-corrected chi connectivity index (χ3v) is 6.79. The van der Waals surface area contributed by atoms with E-state index in [1.807, 2.05) is 4.90 Å². The fraction of sp³-hybridized carbons (Fsp3) is 0.522. The average molecular weight is 510 g/mol. The first-order chi connectivity index (χ1) is 16.3. The maximum atomic E-state index is 13.6. The minimum atomic E-state index is -4.52. The van der Waals surface area contributed by atoms with Crippen molar-refractivity contribution in [1.82, 2.24) is 29.5 Å². The van der Waals surface area contributed by atoms with Crippen LogP contribution < -0.4 is 4.90 Å². The summed E-state index contributed by atoms with van der Waals surface area (Å²) in [7, 11) is 0. The number of hydrogen-bond acceptors (Lipinski definition) is 6. The number of likely N-dealkylation sites (tertiary alicyclic amines) is 1. The number of piperidine rings is 1. The predicted molar refractivity (Wildman–Crippen MR) is 126 cm³/mol. The highest BCUT2D eigenvalue weighted by molar-refractivity contribution is 5.85. The van der Waals surface area contributed by atoms with Crippen LogP contribution in [0.2, 0.25) is 0 Å². The molecule has 1 atom stereocenters. The lowest BCUT2D eigenvalue weighted by atomic mass is 9.95. The molecule has 1 amide bonds. The number of alkyl halides is 3. The van der Waals surface area contributed by atoms with E-state index in [1.165, 1.54) is 0 Å². The SMILES string of the molecule is CCc1cc(C(F)(F)F)n2nc(C3CCN(C(=O)C4CCN(c5cnccn5)CC4)C3)cc2n1.Cl. The largest absolute Gasteiger partial charge is 0.433 e. The van der Waals surface area contributed by atoms with Crippen LogP contribution in [0.1, 0.15) is 49.2 Å². The molecule has 0 saturated carbocycles. The van der Waals surface area contributed by atoms with Gasteiger partial charge in [-0.05, 0) is 31.7 Å². The van der Waals surface area contributed by atoms with Crippen molar-refractivity contribution < 1.29 is 18.0 Å². The lowest BCUT2D eigenvalue weighted by molar-refractivity contribution is -0.142. The van der Waals surface area contributed by atoms with Gasteiger partial charge in [-0.3, -0.25) is 9.78 Å². The van der Waals surface area contributed by atoms with E-state index in [0.717, 1.165) is 42.3 Å². The molecule has 5 rings (SSSR count). The van der Waals surface area contributed by atoms with Crippen LogP contribution in [-0.4, -0.2) is 61.6 Å². The van der Waals surface area contributed by atoms with E-state index >= 15 is 0 Å². The minimum Gasteiger partial charge on any atom is -0.355 e. The zero-order chi connectivity index (χ0) is 23.9. The van der Waals surface area contributed by atoms with Gasteiger partial charge in [0.05, 0.1) is 11.9 Å². The van der Waals surface area contributed by atoms with Crippen molar-refractivity contribution in [3.05, 3.63) is 47.8 Å². The molecule has 35 heavy (non-hydrogen) atoms. The van der Waals surface area contributed by atoms with E-state index < -0.39 is 11.9 Å². The van der Waals surface area contributed by atoms with Gasteiger partial charge in [-0.25, -0.2) is 14.5 Å². The van der Waals surface area contributed by atoms with Gasteiger partial charge in [0.2, 0.25) is 5.91 Å². The number of rotatable bonds is 4. The Morgan fingerprint density at radius 3 is 2.54 bits per heavy atom. The Morgan fingerprint density at radius 1 is 1.11 bits per heavy atom. The lowest BCUT2D eigenvalue weighted by Crippen LogP contribution is -2.42. The number of halogens is 4. The fourth-order valence-electron chi connectivity index (χ4n) is 4.90. The number of aryl methyl sites for hydroxylation is 1. The van der Waals surface area contributed by atoms with Crippen LogP contribution in [0.4, 0.5) is 19.0 Å². The van der Waals surface area contributed by atoms with Crippen molar-refractivity contribution in [1.29, 1.82) is 0 Å². The molecule has 2 aliphatic rings. The maximum Gasteiger partial charge on any atom is 0.433 e. The van der Waals surface area contributed by atoms with E-state index in [2.05, 4.69) is 25.0 Å². The highest BCUT2D eigenvalue weighted by Crippen LogP contribution is 2.33. The lowest BCUT2D eigenvalue weighted by Gasteiger charge is -2.33. The van der Waals surface area contributed by atoms with Gasteiger partial charge in [0, 0.05) is 62.2 Å². The smallest absolute Gasteiger partial charge is 0.355 e. The summed E-state index contributed by atoms with van der Waals surface area (Å²) >= 11 is 0. The summed E-state index contributed by atoms with van der Waals surface area (Å²) in [6.07, 6.45) is 3.06. The fourth-order valence-corrected chi connectivity index (χ4v) is 4.90. The van der Waals surface area contributed by atoms with E-state index in [4.69, 9.17) is 0 Å². The molecular weight excluding hydrogens is 483 g/mol. The maximum absolute atomic E-state index is 13.6. The van der Waals surface area contributed by atoms with E-state index in [1.54, 1.807) is 31.6 Å². The number of anilines is 1. The molecule has 0 radical (unpaired) electrons. The van der Waals surface area contributed by atoms with Gasteiger partial charge in [-0.15, -0.1) is 12.4 Å². The van der Waals surface area contributed by atoms with Gasteiger partial charge in [0.25, 0.3) is 0 Å². The van der Waals surface area contributed by atoms with Crippen LogP contribution in [0.5, 0.6) is 0 Å². The number of amides is 1. The molecule has 0 N–H and O–H groups in total. The van der Waals surface area contributed by atoms with Crippen molar-refractivity contribution in [2.24, 2.45) is 5.92 Å². The van der Waals surface area contributed by atoms with Crippen molar-refractivity contribution >= 4 is 29.8 Å². The summed E-state index contributed by atoms with van der Waals surface area (Å²) in [5.74, 6) is 0.779. The van der Waals surface area contributed by atoms with Crippen molar-refractivity contribution in [2.45, 2.75) is 44.7 Å². The topological polar surface area (TPSA) is 79.5 Å². The Hall–Kier alpha value is -2.95. The van der Waals surface area contributed by atoms with Crippen LogP contribution in [0.3, 0.4) is 0 Å². The number of aromatic nitrogens is 5. The molecular formula is C23H27ClF3N7O. The number of carbonyl (C=O) groups is 1. The molecule has 0 aromatic carbocycles. The van der Waals surface area contributed by atoms with Gasteiger partial charge in [-0.1, -0.05) is 6.92 Å². The van der Waals surface area contributed by atoms with Crippen LogP contribution in [-0.2, 0) is 17.4 Å². The molecule has 3 aromatic heterocycles. The van der Waals surface area contributed by atoms with Gasteiger partial charge >= 0.3 is 6.18 Å². The van der Waals surface area contributed by atoms with Crippen molar-refractivity contribution in [3.63, 3.8) is 0 Å². The number of hydrogen-bond donors (Lipinski definition) is 0. The molecule has 8 nitrogen and oxygen atoms in total. The monoisotopic (exact) mass is 509 g/mol. The summed E-state index contributed by atoms with van der Waals surface area (Å²) in [6, 6.07) is 2.69. The second kappa shape index (κ2) is 9.96. The van der Waals surface area contributed by atoms with Gasteiger partial charge in [-0.2, -0.15) is 18.3 Å². The third-order valence-electron chi connectivity index (χ3n) is 6.79. The summed E-state index contributed by atoms with van der Waals surface area (Å²) in [5, 5.41) is 4.26. The molecule has 2 fully saturated rings. The van der Waals surface area contributed by atoms with Gasteiger partial charge in [0.1, 0.15) is 11.5 Å². The molecule has 2 aliphatic heterocycles. The van der Waals surface area contributed by atoms with Crippen molar-refractivity contribution in [2.75, 3.05) is 31.1 Å². The summed E-state index contributed by atoms with van der Waals surface area (Å²) in [5.41, 5.74) is 0.311. The Balaban J connectivity index is 0.00000289. The normalized spacial score (nSPS) is 19.3. The first-order valence-corrected chi connectivity index (χ1v) is 11.6. The first kappa shape index (κ1) is 25.2. The highest BCUT2D eigenvalue weighted by Gasteiger charge is 2.37. The number of fused-ring (bicyclic) bond motifs is 1. The van der Waals surface area contributed by atoms with E-state index in [0.29, 0.717) is 37.3 Å². The highest BCUT2D eigenvalue weighted by atomic mass is 35.5. The van der Waals surface area contributed by atoms with Crippen LogP contribution in [0, 0.1) is 5.92 Å². The molecule has 188 valence electrons. The molecule has 3 aromatic rings. The molecule has 5 heterocycles. The zero-order valence-corrected chi connectivity index (χ0v) is 20.1. The summed E-state index contributed by atoms with van der Waals surface area (Å²) in [4.78, 5) is 29.9. The van der Waals surface area contributed by atoms with Gasteiger partial charge in [0.15, 0.2) is 5.65 Å². The molecule has 2 saturated heterocycles. The summed E-state index contributed by atoms with van der Waals surface area (Å²) < 4.78 is 41.6. The van der Waals surface area contributed by atoms with Crippen LogP contribution in [0.25, 0.3) is 5.65 Å². The second-order valence-electron chi connectivity index (χ2n) is 8.92. The van der Waals surface area contributed by atoms with E-state index in [-0.39, 0.29) is 35.8 Å². The third kappa shape index (κ3) is 5.05. The summed E-state index contributed by atoms with van der Waals surface area (Å²) in [6.45, 7) is 4.31. The Bertz CT molecular complexity index is 1180. The Morgan fingerprint density at radius 2 is 1.89 bits per heavy atom. The molecule has 1 unspecified atom stereocenters. The second-order valence-corrected chi connectivity index (χ2v) is 8.92. The molecule has 0 aliphatic carbocycles. The Labute approximate surface area is 207 Å². The minimum absolute atomic E-state index is 0. The number of carbonyl (C=O) groups excluding carboxylic acids is 1. The standard InChI is InChI=1S/C23H26F3N7O.ClH/c1-2-17-11-19(23(24,25)26)33-20(29-17)12-18(30-33)16-5-10-32(14-16)22(34)15-3-8-31(9-4-15)21-13-27-6-7-28-21;/h6-7,11-13,15-16H,2-5,8-10,14H2,1H3;1H. The molecule has 0 spiro atoms. The first-order valence-electron chi connectivity index (χ1n) is 11.6. The van der Waals surface area contributed by atoms with Crippen LogP contribution in [0.15, 0.2) is 30.7 Å². The average Bonchev–Trinajstić information content (AvgIpc) is 3.50.